The van der Waals surface area contributed by atoms with Crippen LogP contribution in [-0.4, -0.2) is 56.3 Å². The molecule has 0 amide bonds. The van der Waals surface area contributed by atoms with Crippen molar-refractivity contribution in [2.24, 2.45) is 0 Å². The molecule has 19 heavy (non-hydrogen) atoms. The molecule has 0 atom stereocenters. The molecule has 0 bridgehead atoms. The lowest BCUT2D eigenvalue weighted by molar-refractivity contribution is 0.316. The van der Waals surface area contributed by atoms with Gasteiger partial charge in [-0.1, -0.05) is 13.8 Å². The molecule has 0 aliphatic carbocycles. The fourth-order valence-corrected chi connectivity index (χ4v) is 3.55. The molecular formula is C13H31N3O2S. The molecule has 0 aromatic carbocycles. The zero-order valence-electron chi connectivity index (χ0n) is 13.1. The molecule has 0 saturated carbocycles. The van der Waals surface area contributed by atoms with E-state index in [0.29, 0.717) is 13.1 Å². The van der Waals surface area contributed by atoms with E-state index >= 15 is 0 Å². The third-order valence-corrected chi connectivity index (χ3v) is 5.13. The Morgan fingerprint density at radius 3 is 2.16 bits per heavy atom. The summed E-state index contributed by atoms with van der Waals surface area (Å²) in [6.45, 7) is 11.0. The Kier molecular flexibility index (Phi) is 9.60. The van der Waals surface area contributed by atoms with Crippen molar-refractivity contribution in [2.45, 2.75) is 53.0 Å². The molecule has 0 aromatic rings. The van der Waals surface area contributed by atoms with Crippen LogP contribution in [0.25, 0.3) is 0 Å². The molecule has 0 aliphatic rings. The molecule has 0 spiro atoms. The molecule has 0 fully saturated rings. The summed E-state index contributed by atoms with van der Waals surface area (Å²) in [5.74, 6) is 0. The highest BCUT2D eigenvalue weighted by Crippen LogP contribution is 2.11. The van der Waals surface area contributed by atoms with Crippen molar-refractivity contribution < 1.29 is 8.42 Å². The van der Waals surface area contributed by atoms with Crippen molar-refractivity contribution in [3.63, 3.8) is 0 Å². The first-order valence-electron chi connectivity index (χ1n) is 7.31. The van der Waals surface area contributed by atoms with Gasteiger partial charge in [-0.25, -0.2) is 0 Å². The van der Waals surface area contributed by atoms with Gasteiger partial charge in [-0.3, -0.25) is 0 Å². The maximum absolute atomic E-state index is 12.4. The molecule has 0 radical (unpaired) electrons. The highest BCUT2D eigenvalue weighted by Gasteiger charge is 2.27. The fraction of sp³-hybridized carbons (Fsp3) is 1.00. The van der Waals surface area contributed by atoms with Crippen LogP contribution < -0.4 is 5.32 Å². The second-order valence-electron chi connectivity index (χ2n) is 5.14. The Bertz CT molecular complexity index is 318. The number of rotatable bonds is 11. The van der Waals surface area contributed by atoms with E-state index in [-0.39, 0.29) is 6.04 Å². The molecular weight excluding hydrogens is 262 g/mol. The second kappa shape index (κ2) is 9.69. The van der Waals surface area contributed by atoms with Crippen LogP contribution >= 0.6 is 0 Å². The van der Waals surface area contributed by atoms with Crippen LogP contribution in [0.15, 0.2) is 0 Å². The third-order valence-electron chi connectivity index (χ3n) is 2.96. The number of hydrogen-bond acceptors (Lipinski definition) is 3. The lowest BCUT2D eigenvalue weighted by Crippen LogP contribution is -2.46. The van der Waals surface area contributed by atoms with Crippen molar-refractivity contribution >= 4 is 10.2 Å². The van der Waals surface area contributed by atoms with Gasteiger partial charge >= 0.3 is 0 Å². The van der Waals surface area contributed by atoms with Gasteiger partial charge in [0.2, 0.25) is 0 Å². The molecule has 0 aromatic heterocycles. The average Bonchev–Trinajstić information content (AvgIpc) is 2.34. The van der Waals surface area contributed by atoms with Crippen molar-refractivity contribution in [3.05, 3.63) is 0 Å². The van der Waals surface area contributed by atoms with Gasteiger partial charge in [-0.05, 0) is 46.2 Å². The topological polar surface area (TPSA) is 52.7 Å². The summed E-state index contributed by atoms with van der Waals surface area (Å²) in [5.41, 5.74) is 0. The van der Waals surface area contributed by atoms with Crippen molar-refractivity contribution in [2.75, 3.05) is 33.2 Å². The minimum Gasteiger partial charge on any atom is -0.317 e. The highest BCUT2D eigenvalue weighted by atomic mass is 32.2. The monoisotopic (exact) mass is 293 g/mol. The summed E-state index contributed by atoms with van der Waals surface area (Å²) in [7, 11) is -1.65. The summed E-state index contributed by atoms with van der Waals surface area (Å²) in [6, 6.07) is 0.00520. The summed E-state index contributed by atoms with van der Waals surface area (Å²) in [5, 5.41) is 3.28. The lowest BCUT2D eigenvalue weighted by atomic mass is 10.4. The molecule has 0 saturated heterocycles. The maximum atomic E-state index is 12.4. The first kappa shape index (κ1) is 18.8. The smallest absolute Gasteiger partial charge is 0.281 e. The summed E-state index contributed by atoms with van der Waals surface area (Å²) < 4.78 is 27.9. The van der Waals surface area contributed by atoms with E-state index in [0.717, 1.165) is 32.4 Å². The zero-order chi connectivity index (χ0) is 14.9. The number of hydrogen-bond donors (Lipinski definition) is 1. The third kappa shape index (κ3) is 6.70. The SMILES string of the molecule is CCCNCCCN(C)S(=O)(=O)N(CCC)C(C)C. The van der Waals surface area contributed by atoms with Crippen LogP contribution in [0.5, 0.6) is 0 Å². The van der Waals surface area contributed by atoms with Crippen LogP contribution in [0.4, 0.5) is 0 Å². The fourth-order valence-electron chi connectivity index (χ4n) is 1.88. The first-order valence-corrected chi connectivity index (χ1v) is 8.71. The highest BCUT2D eigenvalue weighted by molar-refractivity contribution is 7.86. The summed E-state index contributed by atoms with van der Waals surface area (Å²) >= 11 is 0. The molecule has 116 valence electrons. The quantitative estimate of drug-likeness (QED) is 0.590. The van der Waals surface area contributed by atoms with Crippen LogP contribution in [0, 0.1) is 0 Å². The van der Waals surface area contributed by atoms with Gasteiger partial charge in [0.1, 0.15) is 0 Å². The minimum absolute atomic E-state index is 0.00520. The van der Waals surface area contributed by atoms with Crippen LogP contribution in [0.2, 0.25) is 0 Å². The molecule has 0 unspecified atom stereocenters. The van der Waals surface area contributed by atoms with Crippen molar-refractivity contribution in [3.8, 4) is 0 Å². The average molecular weight is 293 g/mol. The van der Waals surface area contributed by atoms with Gasteiger partial charge in [0.05, 0.1) is 0 Å². The summed E-state index contributed by atoms with van der Waals surface area (Å²) in [4.78, 5) is 0. The second-order valence-corrected chi connectivity index (χ2v) is 7.13. The van der Waals surface area contributed by atoms with Crippen LogP contribution in [0.3, 0.4) is 0 Å². The molecule has 1 N–H and O–H groups in total. The Hall–Kier alpha value is -0.170. The lowest BCUT2D eigenvalue weighted by Gasteiger charge is -2.30. The van der Waals surface area contributed by atoms with E-state index in [1.54, 1.807) is 11.4 Å². The molecule has 0 heterocycles. The van der Waals surface area contributed by atoms with Gasteiger partial charge in [-0.15, -0.1) is 0 Å². The van der Waals surface area contributed by atoms with E-state index in [1.807, 2.05) is 20.8 Å². The Labute approximate surface area is 119 Å². The zero-order valence-corrected chi connectivity index (χ0v) is 14.0. The van der Waals surface area contributed by atoms with E-state index < -0.39 is 10.2 Å². The van der Waals surface area contributed by atoms with Crippen molar-refractivity contribution in [1.29, 1.82) is 0 Å². The van der Waals surface area contributed by atoms with Crippen LogP contribution in [-0.2, 0) is 10.2 Å². The molecule has 6 heteroatoms. The number of nitrogens with zero attached hydrogens (tertiary/aromatic N) is 2. The van der Waals surface area contributed by atoms with Gasteiger partial charge in [0.15, 0.2) is 0 Å². The van der Waals surface area contributed by atoms with E-state index in [1.165, 1.54) is 4.31 Å². The Morgan fingerprint density at radius 2 is 1.68 bits per heavy atom. The Morgan fingerprint density at radius 1 is 1.05 bits per heavy atom. The molecule has 5 nitrogen and oxygen atoms in total. The molecule has 0 aliphatic heterocycles. The van der Waals surface area contributed by atoms with E-state index in [4.69, 9.17) is 0 Å². The predicted octanol–water partition coefficient (Wildman–Crippen LogP) is 1.67. The predicted molar refractivity (Wildman–Crippen MR) is 81.5 cm³/mol. The number of nitrogens with one attached hydrogen (secondary N) is 1. The van der Waals surface area contributed by atoms with Gasteiger partial charge in [0.25, 0.3) is 10.2 Å². The maximum Gasteiger partial charge on any atom is 0.281 e. The normalized spacial score (nSPS) is 12.8. The van der Waals surface area contributed by atoms with Crippen LogP contribution in [0.1, 0.15) is 47.0 Å². The summed E-state index contributed by atoms with van der Waals surface area (Å²) in [6.07, 6.45) is 2.78. The minimum atomic E-state index is -3.32. The largest absolute Gasteiger partial charge is 0.317 e. The first-order chi connectivity index (χ1) is 8.87. The van der Waals surface area contributed by atoms with Crippen molar-refractivity contribution in [1.82, 2.24) is 13.9 Å². The molecule has 0 rings (SSSR count). The Balaban J connectivity index is 4.36. The standard InChI is InChI=1S/C13H31N3O2S/c1-6-9-14-10-8-12-15(5)19(17,18)16(11-7-2)13(3)4/h13-14H,6-12H2,1-5H3. The van der Waals surface area contributed by atoms with Gasteiger partial charge in [-0.2, -0.15) is 17.0 Å². The van der Waals surface area contributed by atoms with E-state index in [2.05, 4.69) is 12.2 Å². The van der Waals surface area contributed by atoms with E-state index in [9.17, 15) is 8.42 Å². The van der Waals surface area contributed by atoms with Gasteiger partial charge in [0, 0.05) is 26.2 Å². The van der Waals surface area contributed by atoms with Gasteiger partial charge < -0.3 is 5.32 Å².